The Balaban J connectivity index is 1.36. The Hall–Kier alpha value is -3.66. The van der Waals surface area contributed by atoms with Crippen LogP contribution in [0.3, 0.4) is 0 Å². The predicted molar refractivity (Wildman–Crippen MR) is 168 cm³/mol. The summed E-state index contributed by atoms with van der Waals surface area (Å²) in [4.78, 5) is 42.9. The number of fused-ring (bicyclic) bond motifs is 1. The van der Waals surface area contributed by atoms with Crippen LogP contribution in [0.4, 0.5) is 15.6 Å². The average Bonchev–Trinajstić information content (AvgIpc) is 3.39. The minimum absolute atomic E-state index is 0.0455. The Morgan fingerprint density at radius 1 is 0.976 bits per heavy atom. The zero-order valence-electron chi connectivity index (χ0n) is 22.7. The molecule has 3 N–H and O–H groups in total. The number of hydrogen-bond donors (Lipinski definition) is 3. The van der Waals surface area contributed by atoms with Crippen LogP contribution in [0.1, 0.15) is 65.9 Å². The smallest absolute Gasteiger partial charge is 0.328 e. The number of aliphatic carboxylic acids is 1. The third-order valence-electron chi connectivity index (χ3n) is 7.33. The topological polar surface area (TPSA) is 112 Å². The Morgan fingerprint density at radius 3 is 2.38 bits per heavy atom. The van der Waals surface area contributed by atoms with E-state index in [2.05, 4.69) is 27.8 Å². The van der Waals surface area contributed by atoms with Gasteiger partial charge in [0.05, 0.1) is 22.7 Å². The fourth-order valence-electron chi connectivity index (χ4n) is 5.14. The van der Waals surface area contributed by atoms with Gasteiger partial charge >= 0.3 is 12.0 Å². The number of carboxylic acid groups (broad SMARTS) is 1. The van der Waals surface area contributed by atoms with Gasteiger partial charge < -0.3 is 10.4 Å². The van der Waals surface area contributed by atoms with Crippen molar-refractivity contribution in [3.63, 3.8) is 0 Å². The Morgan fingerprint density at radius 2 is 1.69 bits per heavy atom. The summed E-state index contributed by atoms with van der Waals surface area (Å²) < 4.78 is 0.767. The largest absolute Gasteiger partial charge is 0.481 e. The molecule has 8 nitrogen and oxygen atoms in total. The molecule has 5 rings (SSSR count). The highest BCUT2D eigenvalue weighted by molar-refractivity contribution is 7.22. The van der Waals surface area contributed by atoms with Gasteiger partial charge in [-0.25, -0.2) is 9.78 Å². The van der Waals surface area contributed by atoms with E-state index in [1.807, 2.05) is 12.1 Å². The number of thiazole rings is 1. The van der Waals surface area contributed by atoms with E-state index in [0.29, 0.717) is 32.2 Å². The Bertz CT molecular complexity index is 1590. The van der Waals surface area contributed by atoms with Gasteiger partial charge in [-0.2, -0.15) is 0 Å². The minimum Gasteiger partial charge on any atom is -0.481 e. The van der Waals surface area contributed by atoms with Crippen LogP contribution in [-0.2, 0) is 11.3 Å². The number of rotatable bonds is 9. The van der Waals surface area contributed by atoms with Crippen molar-refractivity contribution in [1.82, 2.24) is 10.3 Å². The van der Waals surface area contributed by atoms with Crippen molar-refractivity contribution in [2.45, 2.75) is 51.0 Å². The van der Waals surface area contributed by atoms with E-state index >= 15 is 0 Å². The van der Waals surface area contributed by atoms with Gasteiger partial charge in [-0.3, -0.25) is 19.8 Å². The third-order valence-corrected chi connectivity index (χ3v) is 8.76. The molecule has 42 heavy (non-hydrogen) atoms. The summed E-state index contributed by atoms with van der Waals surface area (Å²) in [7, 11) is 0. The van der Waals surface area contributed by atoms with Gasteiger partial charge in [-0.1, -0.05) is 78.1 Å². The molecule has 4 aromatic rings. The van der Waals surface area contributed by atoms with Gasteiger partial charge in [0.1, 0.15) is 5.52 Å². The molecule has 3 amide bonds. The first-order chi connectivity index (χ1) is 20.3. The number of hydrogen-bond acceptors (Lipinski definition) is 5. The lowest BCUT2D eigenvalue weighted by Gasteiger charge is -2.25. The predicted octanol–water partition coefficient (Wildman–Crippen LogP) is 8.09. The molecular formula is C31H30Cl2N4O4S. The molecule has 0 bridgehead atoms. The molecule has 218 valence electrons. The fraction of sp³-hybridized carbons (Fsp3) is 0.290. The zero-order valence-corrected chi connectivity index (χ0v) is 25.1. The molecule has 1 fully saturated rings. The van der Waals surface area contributed by atoms with E-state index in [1.165, 1.54) is 49.0 Å². The third kappa shape index (κ3) is 7.40. The second-order valence-electron chi connectivity index (χ2n) is 10.3. The summed E-state index contributed by atoms with van der Waals surface area (Å²) in [5.74, 6) is -0.789. The van der Waals surface area contributed by atoms with Crippen LogP contribution in [-0.4, -0.2) is 34.5 Å². The van der Waals surface area contributed by atoms with Crippen molar-refractivity contribution >= 4 is 73.5 Å². The van der Waals surface area contributed by atoms with Crippen LogP contribution in [0.15, 0.2) is 60.7 Å². The van der Waals surface area contributed by atoms with Gasteiger partial charge in [-0.05, 0) is 66.3 Å². The van der Waals surface area contributed by atoms with Crippen molar-refractivity contribution in [2.24, 2.45) is 0 Å². The first-order valence-electron chi connectivity index (χ1n) is 13.8. The number of urea groups is 1. The number of nitrogens with one attached hydrogen (secondary N) is 2. The molecule has 1 aliphatic carbocycles. The molecule has 1 aliphatic rings. The molecular weight excluding hydrogens is 595 g/mol. The van der Waals surface area contributed by atoms with Gasteiger partial charge in [0.15, 0.2) is 5.13 Å². The van der Waals surface area contributed by atoms with E-state index < -0.39 is 5.97 Å². The number of carbonyl (C=O) groups excluding carboxylic acids is 2. The van der Waals surface area contributed by atoms with Gasteiger partial charge in [0.25, 0.3) is 5.91 Å². The van der Waals surface area contributed by atoms with Crippen LogP contribution in [0.5, 0.6) is 0 Å². The first-order valence-corrected chi connectivity index (χ1v) is 15.4. The highest BCUT2D eigenvalue weighted by atomic mass is 35.5. The van der Waals surface area contributed by atoms with Gasteiger partial charge in [0, 0.05) is 22.8 Å². The van der Waals surface area contributed by atoms with E-state index in [9.17, 15) is 14.4 Å². The lowest BCUT2D eigenvalue weighted by atomic mass is 9.84. The maximum atomic E-state index is 13.7. The Kier molecular flexibility index (Phi) is 9.62. The standard InChI is InChI=1S/C31H30Cl2N4O4S/c32-23-16-25(33)28-26(17-23)42-30(35-28)36-31(41)37(24-12-10-21(11-13-24)20-4-2-1-3-5-20)18-19-6-8-22(9-7-19)29(40)34-15-14-27(38)39/h6-13,16-17,20H,1-5,14-15,18H2,(H,34,40)(H,38,39)(H,35,36,41). The quantitative estimate of drug-likeness (QED) is 0.174. The SMILES string of the molecule is O=C(O)CCNC(=O)c1ccc(CN(C(=O)Nc2nc3c(Cl)cc(Cl)cc3s2)c2ccc(C3CCCCC3)cc2)cc1. The minimum atomic E-state index is -0.978. The molecule has 0 atom stereocenters. The number of carbonyl (C=O) groups is 3. The fourth-order valence-corrected chi connectivity index (χ4v) is 6.72. The van der Waals surface area contributed by atoms with Gasteiger partial charge in [0.2, 0.25) is 0 Å². The van der Waals surface area contributed by atoms with E-state index in [1.54, 1.807) is 41.3 Å². The highest BCUT2D eigenvalue weighted by Crippen LogP contribution is 2.35. The van der Waals surface area contributed by atoms with Crippen molar-refractivity contribution in [2.75, 3.05) is 16.8 Å². The van der Waals surface area contributed by atoms with Crippen molar-refractivity contribution < 1.29 is 19.5 Å². The van der Waals surface area contributed by atoms with Gasteiger partial charge in [-0.15, -0.1) is 0 Å². The zero-order chi connectivity index (χ0) is 29.6. The lowest BCUT2D eigenvalue weighted by molar-refractivity contribution is -0.136. The average molecular weight is 626 g/mol. The molecule has 3 aromatic carbocycles. The number of anilines is 2. The molecule has 0 radical (unpaired) electrons. The summed E-state index contributed by atoms with van der Waals surface area (Å²) in [5.41, 5.74) is 3.80. The summed E-state index contributed by atoms with van der Waals surface area (Å²) in [6, 6.07) is 18.1. The number of benzene rings is 3. The van der Waals surface area contributed by atoms with E-state index in [4.69, 9.17) is 28.3 Å². The molecule has 1 saturated carbocycles. The molecule has 0 aliphatic heterocycles. The van der Waals surface area contributed by atoms with E-state index in [-0.39, 0.29) is 31.4 Å². The number of nitrogens with zero attached hydrogens (tertiary/aromatic N) is 2. The molecule has 11 heteroatoms. The van der Waals surface area contributed by atoms with Crippen LogP contribution >= 0.6 is 34.5 Å². The van der Waals surface area contributed by atoms with Crippen molar-refractivity contribution in [3.05, 3.63) is 87.4 Å². The monoisotopic (exact) mass is 624 g/mol. The maximum Gasteiger partial charge on any atom is 0.328 e. The van der Waals surface area contributed by atoms with Crippen molar-refractivity contribution in [1.29, 1.82) is 0 Å². The normalized spacial score (nSPS) is 13.6. The number of carboxylic acids is 1. The summed E-state index contributed by atoms with van der Waals surface area (Å²) in [6.45, 7) is 0.289. The second-order valence-corrected chi connectivity index (χ2v) is 12.2. The molecule has 0 spiro atoms. The molecule has 0 unspecified atom stereocenters. The molecule has 1 heterocycles. The van der Waals surface area contributed by atoms with Crippen LogP contribution in [0.2, 0.25) is 10.0 Å². The van der Waals surface area contributed by atoms with Crippen LogP contribution < -0.4 is 15.5 Å². The summed E-state index contributed by atoms with van der Waals surface area (Å²) in [6.07, 6.45) is 5.99. The first kappa shape index (κ1) is 29.8. The maximum absolute atomic E-state index is 13.7. The second kappa shape index (κ2) is 13.5. The van der Waals surface area contributed by atoms with Crippen LogP contribution in [0.25, 0.3) is 10.2 Å². The number of halogens is 2. The summed E-state index contributed by atoms with van der Waals surface area (Å²) >= 11 is 13.8. The highest BCUT2D eigenvalue weighted by Gasteiger charge is 2.21. The lowest BCUT2D eigenvalue weighted by Crippen LogP contribution is -2.34. The van der Waals surface area contributed by atoms with Crippen molar-refractivity contribution in [3.8, 4) is 0 Å². The number of aromatic nitrogens is 1. The van der Waals surface area contributed by atoms with E-state index in [0.717, 1.165) is 16.0 Å². The number of amides is 3. The molecule has 1 aromatic heterocycles. The van der Waals surface area contributed by atoms with Crippen LogP contribution in [0, 0.1) is 0 Å². The molecule has 0 saturated heterocycles. The summed E-state index contributed by atoms with van der Waals surface area (Å²) in [5, 5.41) is 15.6. The Labute approximate surface area is 257 Å².